The zero-order valence-corrected chi connectivity index (χ0v) is 9.50. The Balaban J connectivity index is 2.04. The lowest BCUT2D eigenvalue weighted by Crippen LogP contribution is -2.36. The van der Waals surface area contributed by atoms with Crippen molar-refractivity contribution in [2.75, 3.05) is 13.2 Å². The van der Waals surface area contributed by atoms with E-state index in [1.807, 2.05) is 0 Å². The van der Waals surface area contributed by atoms with Crippen LogP contribution in [0.2, 0.25) is 0 Å². The van der Waals surface area contributed by atoms with Crippen LogP contribution in [-0.2, 0) is 4.74 Å². The van der Waals surface area contributed by atoms with Gasteiger partial charge in [0.2, 0.25) is 0 Å². The SMILES string of the molecule is CCCCOCC(N)C1CCCCC1. The summed E-state index contributed by atoms with van der Waals surface area (Å²) in [6.07, 6.45) is 9.15. The maximum atomic E-state index is 6.11. The van der Waals surface area contributed by atoms with Gasteiger partial charge in [-0.05, 0) is 25.2 Å². The van der Waals surface area contributed by atoms with Gasteiger partial charge < -0.3 is 10.5 Å². The lowest BCUT2D eigenvalue weighted by molar-refractivity contribution is 0.0955. The van der Waals surface area contributed by atoms with E-state index in [1.54, 1.807) is 0 Å². The molecule has 0 aromatic carbocycles. The predicted octanol–water partition coefficient (Wildman–Crippen LogP) is 2.71. The summed E-state index contributed by atoms with van der Waals surface area (Å²) in [6, 6.07) is 0.284. The second-order valence-electron chi connectivity index (χ2n) is 4.49. The third kappa shape index (κ3) is 4.43. The molecule has 2 nitrogen and oxygen atoms in total. The van der Waals surface area contributed by atoms with E-state index < -0.39 is 0 Å². The molecule has 2 heteroatoms. The van der Waals surface area contributed by atoms with Gasteiger partial charge in [-0.25, -0.2) is 0 Å². The first-order chi connectivity index (χ1) is 6.84. The zero-order valence-electron chi connectivity index (χ0n) is 9.50. The summed E-state index contributed by atoms with van der Waals surface area (Å²) in [4.78, 5) is 0. The van der Waals surface area contributed by atoms with Crippen LogP contribution in [0.3, 0.4) is 0 Å². The molecule has 0 saturated heterocycles. The minimum absolute atomic E-state index is 0.284. The molecule has 1 aliphatic carbocycles. The molecule has 0 bridgehead atoms. The Labute approximate surface area is 88.2 Å². The van der Waals surface area contributed by atoms with Crippen LogP contribution in [0.1, 0.15) is 51.9 Å². The molecule has 1 atom stereocenters. The smallest absolute Gasteiger partial charge is 0.0620 e. The van der Waals surface area contributed by atoms with E-state index >= 15 is 0 Å². The topological polar surface area (TPSA) is 35.2 Å². The molecule has 1 rings (SSSR count). The van der Waals surface area contributed by atoms with Gasteiger partial charge in [0.25, 0.3) is 0 Å². The Kier molecular flexibility index (Phi) is 6.20. The van der Waals surface area contributed by atoms with Crippen LogP contribution in [0.15, 0.2) is 0 Å². The summed E-state index contributed by atoms with van der Waals surface area (Å²) >= 11 is 0. The van der Waals surface area contributed by atoms with E-state index in [0.717, 1.165) is 25.6 Å². The van der Waals surface area contributed by atoms with Crippen LogP contribution in [0, 0.1) is 5.92 Å². The van der Waals surface area contributed by atoms with E-state index in [0.29, 0.717) is 0 Å². The van der Waals surface area contributed by atoms with Gasteiger partial charge in [-0.15, -0.1) is 0 Å². The average molecular weight is 199 g/mol. The fourth-order valence-electron chi connectivity index (χ4n) is 2.16. The molecule has 0 heterocycles. The van der Waals surface area contributed by atoms with Gasteiger partial charge in [-0.1, -0.05) is 32.6 Å². The van der Waals surface area contributed by atoms with E-state index in [-0.39, 0.29) is 6.04 Å². The van der Waals surface area contributed by atoms with Crippen molar-refractivity contribution in [3.05, 3.63) is 0 Å². The van der Waals surface area contributed by atoms with Gasteiger partial charge in [-0.2, -0.15) is 0 Å². The number of nitrogens with two attached hydrogens (primary N) is 1. The van der Waals surface area contributed by atoms with Crippen LogP contribution in [-0.4, -0.2) is 19.3 Å². The summed E-state index contributed by atoms with van der Waals surface area (Å²) in [5, 5.41) is 0. The summed E-state index contributed by atoms with van der Waals surface area (Å²) < 4.78 is 5.56. The van der Waals surface area contributed by atoms with Crippen LogP contribution in [0.25, 0.3) is 0 Å². The summed E-state index contributed by atoms with van der Waals surface area (Å²) in [5.41, 5.74) is 6.11. The molecule has 1 fully saturated rings. The highest BCUT2D eigenvalue weighted by atomic mass is 16.5. The quantitative estimate of drug-likeness (QED) is 0.668. The third-order valence-corrected chi connectivity index (χ3v) is 3.21. The minimum Gasteiger partial charge on any atom is -0.380 e. The van der Waals surface area contributed by atoms with Crippen molar-refractivity contribution in [1.29, 1.82) is 0 Å². The van der Waals surface area contributed by atoms with Gasteiger partial charge in [0.15, 0.2) is 0 Å². The number of ether oxygens (including phenoxy) is 1. The maximum Gasteiger partial charge on any atom is 0.0620 e. The molecule has 1 saturated carbocycles. The molecule has 0 aliphatic heterocycles. The number of rotatable bonds is 6. The van der Waals surface area contributed by atoms with E-state index in [4.69, 9.17) is 10.5 Å². The monoisotopic (exact) mass is 199 g/mol. The Hall–Kier alpha value is -0.0800. The van der Waals surface area contributed by atoms with Crippen molar-refractivity contribution < 1.29 is 4.74 Å². The van der Waals surface area contributed by atoms with Crippen molar-refractivity contribution in [2.24, 2.45) is 11.7 Å². The highest BCUT2D eigenvalue weighted by molar-refractivity contribution is 4.75. The fraction of sp³-hybridized carbons (Fsp3) is 1.00. The first-order valence-corrected chi connectivity index (χ1v) is 6.18. The molecule has 0 radical (unpaired) electrons. The average Bonchev–Trinajstić information content (AvgIpc) is 2.25. The van der Waals surface area contributed by atoms with Gasteiger partial charge in [0.1, 0.15) is 0 Å². The van der Waals surface area contributed by atoms with E-state index in [2.05, 4.69) is 6.92 Å². The molecular formula is C12H25NO. The van der Waals surface area contributed by atoms with Gasteiger partial charge in [0, 0.05) is 12.6 Å². The fourth-order valence-corrected chi connectivity index (χ4v) is 2.16. The van der Waals surface area contributed by atoms with Crippen molar-refractivity contribution >= 4 is 0 Å². The van der Waals surface area contributed by atoms with Crippen LogP contribution in [0.5, 0.6) is 0 Å². The van der Waals surface area contributed by atoms with Crippen LogP contribution < -0.4 is 5.73 Å². The van der Waals surface area contributed by atoms with Crippen molar-refractivity contribution in [3.8, 4) is 0 Å². The summed E-state index contributed by atoms with van der Waals surface area (Å²) in [6.45, 7) is 3.84. The van der Waals surface area contributed by atoms with Gasteiger partial charge in [-0.3, -0.25) is 0 Å². The maximum absolute atomic E-state index is 6.11. The Morgan fingerprint density at radius 1 is 1.29 bits per heavy atom. The normalized spacial score (nSPS) is 21.0. The molecule has 0 aromatic heterocycles. The van der Waals surface area contributed by atoms with Crippen LogP contribution in [0.4, 0.5) is 0 Å². The summed E-state index contributed by atoms with van der Waals surface area (Å²) in [5.74, 6) is 0.727. The highest BCUT2D eigenvalue weighted by Crippen LogP contribution is 2.25. The molecule has 14 heavy (non-hydrogen) atoms. The Morgan fingerprint density at radius 3 is 2.64 bits per heavy atom. The third-order valence-electron chi connectivity index (χ3n) is 3.21. The first kappa shape index (κ1) is 12.0. The number of hydrogen-bond donors (Lipinski definition) is 1. The molecule has 1 aliphatic rings. The molecule has 0 aromatic rings. The highest BCUT2D eigenvalue weighted by Gasteiger charge is 2.20. The van der Waals surface area contributed by atoms with Crippen molar-refractivity contribution in [3.63, 3.8) is 0 Å². The lowest BCUT2D eigenvalue weighted by Gasteiger charge is -2.27. The van der Waals surface area contributed by atoms with Crippen molar-refractivity contribution in [2.45, 2.75) is 57.9 Å². The minimum atomic E-state index is 0.284. The second-order valence-corrected chi connectivity index (χ2v) is 4.49. The van der Waals surface area contributed by atoms with Crippen molar-refractivity contribution in [1.82, 2.24) is 0 Å². The molecule has 84 valence electrons. The molecular weight excluding hydrogens is 174 g/mol. The van der Waals surface area contributed by atoms with Gasteiger partial charge in [0.05, 0.1) is 6.61 Å². The Morgan fingerprint density at radius 2 is 2.00 bits per heavy atom. The van der Waals surface area contributed by atoms with Crippen LogP contribution >= 0.6 is 0 Å². The number of hydrogen-bond acceptors (Lipinski definition) is 2. The molecule has 0 amide bonds. The second kappa shape index (κ2) is 7.24. The largest absolute Gasteiger partial charge is 0.380 e. The molecule has 0 spiro atoms. The number of unbranched alkanes of at least 4 members (excludes halogenated alkanes) is 1. The van der Waals surface area contributed by atoms with E-state index in [1.165, 1.54) is 38.5 Å². The Bertz CT molecular complexity index is 132. The standard InChI is InChI=1S/C12H25NO/c1-2-3-9-14-10-12(13)11-7-5-4-6-8-11/h11-12H,2-10,13H2,1H3. The molecule has 1 unspecified atom stereocenters. The lowest BCUT2D eigenvalue weighted by atomic mass is 9.84. The predicted molar refractivity (Wildman–Crippen MR) is 60.3 cm³/mol. The zero-order chi connectivity index (χ0) is 10.2. The molecule has 2 N–H and O–H groups in total. The summed E-state index contributed by atoms with van der Waals surface area (Å²) in [7, 11) is 0. The van der Waals surface area contributed by atoms with E-state index in [9.17, 15) is 0 Å². The first-order valence-electron chi connectivity index (χ1n) is 6.18. The van der Waals surface area contributed by atoms with Gasteiger partial charge >= 0.3 is 0 Å².